The van der Waals surface area contributed by atoms with Crippen molar-refractivity contribution < 1.29 is 9.53 Å². The summed E-state index contributed by atoms with van der Waals surface area (Å²) >= 11 is 0. The lowest BCUT2D eigenvalue weighted by molar-refractivity contribution is 0.233. The maximum atomic E-state index is 12.1. The molecule has 0 bridgehead atoms. The van der Waals surface area contributed by atoms with Gasteiger partial charge in [0, 0.05) is 18.3 Å². The van der Waals surface area contributed by atoms with E-state index in [1.165, 1.54) is 25.7 Å². The van der Waals surface area contributed by atoms with Gasteiger partial charge in [-0.2, -0.15) is 0 Å². The second-order valence-electron chi connectivity index (χ2n) is 6.30. The summed E-state index contributed by atoms with van der Waals surface area (Å²) in [4.78, 5) is 16.1. The molecule has 5 nitrogen and oxygen atoms in total. The molecule has 2 fully saturated rings. The van der Waals surface area contributed by atoms with Crippen molar-refractivity contribution >= 4 is 6.03 Å². The van der Waals surface area contributed by atoms with Crippen LogP contribution in [0.2, 0.25) is 0 Å². The standard InChI is InChI=1S/C16H23N3O2/c1-11(13-5-8-17-9-14(13)21-2)19-15(20)18-10-16(6-7-16)12-3-4-12/h5,8-9,11-12H,3-4,6-7,10H2,1-2H3,(H2,18,19,20)/t11-/m1/s1. The highest BCUT2D eigenvalue weighted by Crippen LogP contribution is 2.60. The number of methoxy groups -OCH3 is 1. The van der Waals surface area contributed by atoms with E-state index in [1.54, 1.807) is 19.5 Å². The number of ether oxygens (including phenoxy) is 1. The van der Waals surface area contributed by atoms with Crippen molar-refractivity contribution in [2.75, 3.05) is 13.7 Å². The van der Waals surface area contributed by atoms with Crippen molar-refractivity contribution in [3.8, 4) is 5.75 Å². The van der Waals surface area contributed by atoms with Crippen LogP contribution in [-0.4, -0.2) is 24.7 Å². The molecule has 2 aliphatic rings. The molecule has 5 heteroatoms. The van der Waals surface area contributed by atoms with Crippen molar-refractivity contribution in [2.45, 2.75) is 38.6 Å². The first-order chi connectivity index (χ1) is 10.1. The van der Waals surface area contributed by atoms with Crippen molar-refractivity contribution in [1.82, 2.24) is 15.6 Å². The summed E-state index contributed by atoms with van der Waals surface area (Å²) < 4.78 is 5.28. The van der Waals surface area contributed by atoms with Crippen molar-refractivity contribution in [2.24, 2.45) is 11.3 Å². The maximum Gasteiger partial charge on any atom is 0.315 e. The fourth-order valence-corrected chi connectivity index (χ4v) is 3.09. The lowest BCUT2D eigenvalue weighted by Gasteiger charge is -2.19. The molecule has 0 radical (unpaired) electrons. The van der Waals surface area contributed by atoms with Crippen molar-refractivity contribution in [3.63, 3.8) is 0 Å². The van der Waals surface area contributed by atoms with E-state index < -0.39 is 0 Å². The molecule has 2 N–H and O–H groups in total. The van der Waals surface area contributed by atoms with Crippen LogP contribution < -0.4 is 15.4 Å². The van der Waals surface area contributed by atoms with E-state index in [-0.39, 0.29) is 12.1 Å². The molecule has 2 amide bonds. The number of carbonyl (C=O) groups is 1. The lowest BCUT2D eigenvalue weighted by atomic mass is 10.0. The van der Waals surface area contributed by atoms with Gasteiger partial charge in [-0.1, -0.05) is 0 Å². The van der Waals surface area contributed by atoms with E-state index in [4.69, 9.17) is 4.74 Å². The molecule has 1 heterocycles. The highest BCUT2D eigenvalue weighted by molar-refractivity contribution is 5.74. The van der Waals surface area contributed by atoms with E-state index in [2.05, 4.69) is 15.6 Å². The summed E-state index contributed by atoms with van der Waals surface area (Å²) in [7, 11) is 1.61. The van der Waals surface area contributed by atoms with Crippen LogP contribution in [0.25, 0.3) is 0 Å². The summed E-state index contributed by atoms with van der Waals surface area (Å²) in [5.74, 6) is 1.55. The normalized spacial score (nSPS) is 20.5. The van der Waals surface area contributed by atoms with Crippen LogP contribution in [0.5, 0.6) is 5.75 Å². The average Bonchev–Trinajstić information content (AvgIpc) is 3.38. The summed E-state index contributed by atoms with van der Waals surface area (Å²) in [6.07, 6.45) is 8.59. The predicted molar refractivity (Wildman–Crippen MR) is 80.1 cm³/mol. The number of nitrogens with one attached hydrogen (secondary N) is 2. The van der Waals surface area contributed by atoms with Gasteiger partial charge in [0.2, 0.25) is 0 Å². The Morgan fingerprint density at radius 3 is 2.90 bits per heavy atom. The zero-order valence-electron chi connectivity index (χ0n) is 12.7. The first-order valence-electron chi connectivity index (χ1n) is 7.67. The van der Waals surface area contributed by atoms with Gasteiger partial charge in [0.25, 0.3) is 0 Å². The quantitative estimate of drug-likeness (QED) is 0.846. The number of pyridine rings is 1. The number of aromatic nitrogens is 1. The molecule has 0 saturated heterocycles. The monoisotopic (exact) mass is 289 g/mol. The molecule has 0 aliphatic heterocycles. The highest BCUT2D eigenvalue weighted by Gasteiger charge is 2.53. The van der Waals surface area contributed by atoms with Gasteiger partial charge in [0.1, 0.15) is 5.75 Å². The maximum absolute atomic E-state index is 12.1. The highest BCUT2D eigenvalue weighted by atomic mass is 16.5. The third-order valence-electron chi connectivity index (χ3n) is 4.79. The van der Waals surface area contributed by atoms with E-state index in [1.807, 2.05) is 13.0 Å². The third kappa shape index (κ3) is 3.12. The van der Waals surface area contributed by atoms with Crippen LogP contribution in [0.4, 0.5) is 4.79 Å². The molecule has 1 atom stereocenters. The first kappa shape index (κ1) is 14.2. The van der Waals surface area contributed by atoms with Gasteiger partial charge in [-0.3, -0.25) is 4.98 Å². The lowest BCUT2D eigenvalue weighted by Crippen LogP contribution is -2.40. The average molecular weight is 289 g/mol. The zero-order chi connectivity index (χ0) is 14.9. The minimum Gasteiger partial charge on any atom is -0.495 e. The van der Waals surface area contributed by atoms with Crippen LogP contribution in [0.15, 0.2) is 18.5 Å². The van der Waals surface area contributed by atoms with Gasteiger partial charge < -0.3 is 15.4 Å². The molecule has 0 spiro atoms. The van der Waals surface area contributed by atoms with E-state index in [0.29, 0.717) is 11.2 Å². The second-order valence-corrected chi connectivity index (χ2v) is 6.30. The molecule has 21 heavy (non-hydrogen) atoms. The van der Waals surface area contributed by atoms with Gasteiger partial charge in [-0.25, -0.2) is 4.79 Å². The van der Waals surface area contributed by atoms with Crippen LogP contribution >= 0.6 is 0 Å². The van der Waals surface area contributed by atoms with Crippen LogP contribution in [0.1, 0.15) is 44.2 Å². The van der Waals surface area contributed by atoms with E-state index >= 15 is 0 Å². The minimum atomic E-state index is -0.112. The van der Waals surface area contributed by atoms with Crippen molar-refractivity contribution in [3.05, 3.63) is 24.0 Å². The van der Waals surface area contributed by atoms with Gasteiger partial charge in [-0.05, 0) is 50.0 Å². The zero-order valence-corrected chi connectivity index (χ0v) is 12.7. The Bertz CT molecular complexity index is 524. The molecule has 1 aromatic rings. The smallest absolute Gasteiger partial charge is 0.315 e. The number of hydrogen-bond acceptors (Lipinski definition) is 3. The summed E-state index contributed by atoms with van der Waals surface area (Å²) in [5.41, 5.74) is 1.36. The summed E-state index contributed by atoms with van der Waals surface area (Å²) in [6, 6.07) is 1.66. The minimum absolute atomic E-state index is 0.103. The van der Waals surface area contributed by atoms with E-state index in [9.17, 15) is 4.79 Å². The Kier molecular flexibility index (Phi) is 3.74. The number of carbonyl (C=O) groups excluding carboxylic acids is 1. The Hall–Kier alpha value is -1.78. The fourth-order valence-electron chi connectivity index (χ4n) is 3.09. The Morgan fingerprint density at radius 2 is 2.29 bits per heavy atom. The summed E-state index contributed by atoms with van der Waals surface area (Å²) in [5, 5.41) is 6.01. The molecule has 3 rings (SSSR count). The second kappa shape index (κ2) is 5.54. The van der Waals surface area contributed by atoms with Crippen LogP contribution in [0.3, 0.4) is 0 Å². The van der Waals surface area contributed by atoms with E-state index in [0.717, 1.165) is 18.0 Å². The molecule has 2 aliphatic carbocycles. The molecule has 114 valence electrons. The Balaban J connectivity index is 1.52. The topological polar surface area (TPSA) is 63.2 Å². The fraction of sp³-hybridized carbons (Fsp3) is 0.625. The molecule has 0 aromatic carbocycles. The largest absolute Gasteiger partial charge is 0.495 e. The SMILES string of the molecule is COc1cnccc1[C@@H](C)NC(=O)NCC1(C2CC2)CC1. The number of hydrogen-bond donors (Lipinski definition) is 2. The third-order valence-corrected chi connectivity index (χ3v) is 4.79. The summed E-state index contributed by atoms with van der Waals surface area (Å²) in [6.45, 7) is 2.76. The van der Waals surface area contributed by atoms with Crippen LogP contribution in [0, 0.1) is 11.3 Å². The van der Waals surface area contributed by atoms with Gasteiger partial charge in [-0.15, -0.1) is 0 Å². The van der Waals surface area contributed by atoms with Gasteiger partial charge >= 0.3 is 6.03 Å². The number of nitrogens with zero attached hydrogens (tertiary/aromatic N) is 1. The number of urea groups is 1. The van der Waals surface area contributed by atoms with Crippen LogP contribution in [-0.2, 0) is 0 Å². The predicted octanol–water partition coefficient (Wildman–Crippen LogP) is 2.64. The Morgan fingerprint density at radius 1 is 1.52 bits per heavy atom. The molecular weight excluding hydrogens is 266 g/mol. The van der Waals surface area contributed by atoms with Gasteiger partial charge in [0.05, 0.1) is 19.3 Å². The molecule has 0 unspecified atom stereocenters. The molecule has 2 saturated carbocycles. The van der Waals surface area contributed by atoms with Gasteiger partial charge in [0.15, 0.2) is 0 Å². The molecule has 1 aromatic heterocycles. The number of rotatable bonds is 6. The Labute approximate surface area is 125 Å². The molecular formula is C16H23N3O2. The number of amides is 2. The first-order valence-corrected chi connectivity index (χ1v) is 7.67. The van der Waals surface area contributed by atoms with Crippen molar-refractivity contribution in [1.29, 1.82) is 0 Å².